The molecular weight excluding hydrogens is 290 g/mol. The standard InChI is InChI=1S/C15H17NO4S/c1-15(2,10-14(17)18)16-21(19,20)13-9-5-7-11-6-3-4-8-12(11)13/h3-9,16H,10H2,1-2H3,(H,17,18). The maximum absolute atomic E-state index is 12.5. The molecule has 0 spiro atoms. The van der Waals surface area contributed by atoms with Crippen molar-refractivity contribution < 1.29 is 18.3 Å². The van der Waals surface area contributed by atoms with Gasteiger partial charge in [0.15, 0.2) is 0 Å². The van der Waals surface area contributed by atoms with Crippen molar-refractivity contribution in [3.8, 4) is 0 Å². The minimum atomic E-state index is -3.80. The molecule has 0 unspecified atom stereocenters. The first-order valence-electron chi connectivity index (χ1n) is 6.45. The summed E-state index contributed by atoms with van der Waals surface area (Å²) in [6.45, 7) is 3.09. The zero-order chi connectivity index (χ0) is 15.7. The monoisotopic (exact) mass is 307 g/mol. The molecule has 6 heteroatoms. The van der Waals surface area contributed by atoms with E-state index in [1.54, 1.807) is 32.0 Å². The van der Waals surface area contributed by atoms with Gasteiger partial charge in [0.2, 0.25) is 10.0 Å². The van der Waals surface area contributed by atoms with Crippen LogP contribution in [0.15, 0.2) is 47.4 Å². The first kappa shape index (κ1) is 15.5. The zero-order valence-electron chi connectivity index (χ0n) is 11.8. The largest absolute Gasteiger partial charge is 0.481 e. The average molecular weight is 307 g/mol. The van der Waals surface area contributed by atoms with Crippen molar-refractivity contribution in [3.63, 3.8) is 0 Å². The van der Waals surface area contributed by atoms with Gasteiger partial charge in [0.25, 0.3) is 0 Å². The molecule has 0 aliphatic heterocycles. The number of rotatable bonds is 5. The molecule has 5 nitrogen and oxygen atoms in total. The van der Waals surface area contributed by atoms with Gasteiger partial charge in [-0.1, -0.05) is 36.4 Å². The van der Waals surface area contributed by atoms with Crippen molar-refractivity contribution >= 4 is 26.8 Å². The molecule has 0 heterocycles. The third-order valence-electron chi connectivity index (χ3n) is 3.04. The summed E-state index contributed by atoms with van der Waals surface area (Å²) >= 11 is 0. The summed E-state index contributed by atoms with van der Waals surface area (Å²) in [4.78, 5) is 11.0. The van der Waals surface area contributed by atoms with Gasteiger partial charge in [-0.3, -0.25) is 4.79 Å². The van der Waals surface area contributed by atoms with Crippen LogP contribution in [0.25, 0.3) is 10.8 Å². The number of carboxylic acid groups (broad SMARTS) is 1. The van der Waals surface area contributed by atoms with Crippen LogP contribution in [0, 0.1) is 0 Å². The zero-order valence-corrected chi connectivity index (χ0v) is 12.6. The summed E-state index contributed by atoms with van der Waals surface area (Å²) in [6, 6.07) is 12.2. The molecule has 2 aromatic carbocycles. The predicted molar refractivity (Wildman–Crippen MR) is 80.6 cm³/mol. The summed E-state index contributed by atoms with van der Waals surface area (Å²) < 4.78 is 27.5. The highest BCUT2D eigenvalue weighted by atomic mass is 32.2. The van der Waals surface area contributed by atoms with Gasteiger partial charge in [0.1, 0.15) is 0 Å². The number of carbonyl (C=O) groups is 1. The van der Waals surface area contributed by atoms with Gasteiger partial charge in [-0.25, -0.2) is 13.1 Å². The first-order chi connectivity index (χ1) is 9.71. The minimum Gasteiger partial charge on any atom is -0.481 e. The Kier molecular flexibility index (Phi) is 4.02. The second-order valence-electron chi connectivity index (χ2n) is 5.54. The molecule has 0 aliphatic carbocycles. The topological polar surface area (TPSA) is 83.5 Å². The third kappa shape index (κ3) is 3.59. The van der Waals surface area contributed by atoms with E-state index >= 15 is 0 Å². The Morgan fingerprint density at radius 3 is 2.43 bits per heavy atom. The number of sulfonamides is 1. The highest BCUT2D eigenvalue weighted by molar-refractivity contribution is 7.89. The Morgan fingerprint density at radius 1 is 1.14 bits per heavy atom. The Hall–Kier alpha value is -1.92. The van der Waals surface area contributed by atoms with Crippen molar-refractivity contribution in [2.24, 2.45) is 0 Å². The van der Waals surface area contributed by atoms with Crippen molar-refractivity contribution in [1.82, 2.24) is 4.72 Å². The molecule has 2 N–H and O–H groups in total. The van der Waals surface area contributed by atoms with Crippen LogP contribution in [0.3, 0.4) is 0 Å². The number of carboxylic acids is 1. The molecule has 0 amide bonds. The van der Waals surface area contributed by atoms with Crippen molar-refractivity contribution in [1.29, 1.82) is 0 Å². The number of hydrogen-bond donors (Lipinski definition) is 2. The quantitative estimate of drug-likeness (QED) is 0.888. The van der Waals surface area contributed by atoms with Gasteiger partial charge in [0, 0.05) is 10.9 Å². The fourth-order valence-electron chi connectivity index (χ4n) is 2.26. The van der Waals surface area contributed by atoms with Gasteiger partial charge in [-0.2, -0.15) is 0 Å². The second-order valence-corrected chi connectivity index (χ2v) is 7.19. The van der Waals surface area contributed by atoms with Crippen molar-refractivity contribution in [3.05, 3.63) is 42.5 Å². The van der Waals surface area contributed by atoms with Crippen LogP contribution in [0.4, 0.5) is 0 Å². The predicted octanol–water partition coefficient (Wildman–Crippen LogP) is 2.37. The molecule has 0 saturated heterocycles. The fraction of sp³-hybridized carbons (Fsp3) is 0.267. The Bertz CT molecular complexity index is 776. The van der Waals surface area contributed by atoms with Gasteiger partial charge < -0.3 is 5.11 Å². The Balaban J connectivity index is 2.45. The third-order valence-corrected chi connectivity index (χ3v) is 4.80. The second kappa shape index (κ2) is 5.46. The number of aliphatic carboxylic acids is 1. The van der Waals surface area contributed by atoms with Crippen LogP contribution in [0.5, 0.6) is 0 Å². The van der Waals surface area contributed by atoms with E-state index in [0.29, 0.717) is 5.39 Å². The molecule has 0 radical (unpaired) electrons. The molecule has 2 aromatic rings. The van der Waals surface area contributed by atoms with E-state index in [2.05, 4.69) is 4.72 Å². The van der Waals surface area contributed by atoms with Crippen molar-refractivity contribution in [2.75, 3.05) is 0 Å². The van der Waals surface area contributed by atoms with E-state index in [-0.39, 0.29) is 11.3 Å². The SMILES string of the molecule is CC(C)(CC(=O)O)NS(=O)(=O)c1cccc2ccccc12. The molecule has 2 rings (SSSR count). The average Bonchev–Trinajstić information content (AvgIpc) is 2.35. The molecular formula is C15H17NO4S. The van der Waals surface area contributed by atoms with Gasteiger partial charge in [-0.15, -0.1) is 0 Å². The van der Waals surface area contributed by atoms with E-state index in [0.717, 1.165) is 5.39 Å². The highest BCUT2D eigenvalue weighted by Gasteiger charge is 2.29. The van der Waals surface area contributed by atoms with E-state index in [4.69, 9.17) is 5.11 Å². The van der Waals surface area contributed by atoms with Crippen LogP contribution < -0.4 is 4.72 Å². The minimum absolute atomic E-state index is 0.152. The smallest absolute Gasteiger partial charge is 0.305 e. The summed E-state index contributed by atoms with van der Waals surface area (Å²) in [5.41, 5.74) is -1.07. The van der Waals surface area contributed by atoms with Crippen LogP contribution in [-0.4, -0.2) is 25.0 Å². The van der Waals surface area contributed by atoms with Crippen LogP contribution >= 0.6 is 0 Å². The summed E-state index contributed by atoms with van der Waals surface area (Å²) in [6.07, 6.45) is -0.295. The maximum Gasteiger partial charge on any atom is 0.305 e. The lowest BCUT2D eigenvalue weighted by Crippen LogP contribution is -2.44. The molecule has 0 atom stereocenters. The van der Waals surface area contributed by atoms with E-state index in [1.165, 1.54) is 6.07 Å². The van der Waals surface area contributed by atoms with Crippen LogP contribution in [0.1, 0.15) is 20.3 Å². The number of fused-ring (bicyclic) bond motifs is 1. The number of benzene rings is 2. The van der Waals surface area contributed by atoms with Gasteiger partial charge in [0.05, 0.1) is 11.3 Å². The lowest BCUT2D eigenvalue weighted by Gasteiger charge is -2.24. The van der Waals surface area contributed by atoms with Crippen LogP contribution in [0.2, 0.25) is 0 Å². The maximum atomic E-state index is 12.5. The molecule has 0 saturated carbocycles. The van der Waals surface area contributed by atoms with Crippen molar-refractivity contribution in [2.45, 2.75) is 30.7 Å². The molecule has 0 aliphatic rings. The normalized spacial score (nSPS) is 12.5. The fourth-order valence-corrected chi connectivity index (χ4v) is 3.91. The molecule has 0 aromatic heterocycles. The first-order valence-corrected chi connectivity index (χ1v) is 7.93. The number of nitrogens with one attached hydrogen (secondary N) is 1. The van der Waals surface area contributed by atoms with E-state index < -0.39 is 21.5 Å². The van der Waals surface area contributed by atoms with Gasteiger partial charge in [-0.05, 0) is 25.3 Å². The summed E-state index contributed by atoms with van der Waals surface area (Å²) in [5, 5.41) is 10.3. The molecule has 0 fully saturated rings. The lowest BCUT2D eigenvalue weighted by atomic mass is 10.0. The van der Waals surface area contributed by atoms with Crippen LogP contribution in [-0.2, 0) is 14.8 Å². The highest BCUT2D eigenvalue weighted by Crippen LogP contribution is 2.24. The van der Waals surface area contributed by atoms with Gasteiger partial charge >= 0.3 is 5.97 Å². The summed E-state index contributed by atoms with van der Waals surface area (Å²) in [7, 11) is -3.80. The number of hydrogen-bond acceptors (Lipinski definition) is 3. The molecule has 112 valence electrons. The molecule has 21 heavy (non-hydrogen) atoms. The molecule has 0 bridgehead atoms. The lowest BCUT2D eigenvalue weighted by molar-refractivity contribution is -0.138. The summed E-state index contributed by atoms with van der Waals surface area (Å²) in [5.74, 6) is -1.05. The Morgan fingerprint density at radius 2 is 1.76 bits per heavy atom. The van der Waals surface area contributed by atoms with E-state index in [9.17, 15) is 13.2 Å². The van der Waals surface area contributed by atoms with E-state index in [1.807, 2.05) is 18.2 Å². The Labute approximate surface area is 123 Å².